The second-order valence-electron chi connectivity index (χ2n) is 9.98. The fourth-order valence-electron chi connectivity index (χ4n) is 4.51. The molecule has 3 heterocycles. The molecule has 1 aliphatic heterocycles. The Hall–Kier alpha value is -3.09. The van der Waals surface area contributed by atoms with Crippen molar-refractivity contribution in [3.8, 4) is 0 Å². The maximum Gasteiger partial charge on any atom is 0.320 e. The van der Waals surface area contributed by atoms with Crippen molar-refractivity contribution in [2.45, 2.75) is 49.8 Å². The second-order valence-corrected chi connectivity index (χ2v) is 11.9. The highest BCUT2D eigenvalue weighted by Gasteiger charge is 2.33. The number of carbonyl (C=O) groups is 1. The van der Waals surface area contributed by atoms with Crippen LogP contribution in [0, 0.1) is 12.7 Å². The Bertz CT molecular complexity index is 1430. The van der Waals surface area contributed by atoms with Crippen LogP contribution in [-0.2, 0) is 19.6 Å². The SMILES string of the molecule is Cc1cc(Nc2nn(C3CC3)c3cnc(S(=O)(=O)N4CCC(OC(=O)CN(C)C)CC4)cc23)ccc1F. The first-order chi connectivity index (χ1) is 17.6. The van der Waals surface area contributed by atoms with Crippen molar-refractivity contribution in [3.05, 3.63) is 41.8 Å². The summed E-state index contributed by atoms with van der Waals surface area (Å²) in [6.45, 7) is 2.35. The van der Waals surface area contributed by atoms with Crippen molar-refractivity contribution >= 4 is 38.4 Å². The summed E-state index contributed by atoms with van der Waals surface area (Å²) < 4.78 is 49.4. The minimum absolute atomic E-state index is 0.0586. The van der Waals surface area contributed by atoms with Gasteiger partial charge in [-0.3, -0.25) is 14.4 Å². The summed E-state index contributed by atoms with van der Waals surface area (Å²) in [4.78, 5) is 18.0. The molecule has 5 rings (SSSR count). The highest BCUT2D eigenvalue weighted by Crippen LogP contribution is 2.39. The zero-order chi connectivity index (χ0) is 26.3. The lowest BCUT2D eigenvalue weighted by Crippen LogP contribution is -2.42. The lowest BCUT2D eigenvalue weighted by molar-refractivity contribution is -0.151. The van der Waals surface area contributed by atoms with Gasteiger partial charge in [-0.1, -0.05) is 0 Å². The first kappa shape index (κ1) is 25.6. The van der Waals surface area contributed by atoms with E-state index in [-0.39, 0.29) is 48.6 Å². The van der Waals surface area contributed by atoms with Crippen molar-refractivity contribution in [3.63, 3.8) is 0 Å². The molecule has 198 valence electrons. The van der Waals surface area contributed by atoms with E-state index in [2.05, 4.69) is 10.3 Å². The summed E-state index contributed by atoms with van der Waals surface area (Å²) in [5.74, 6) is -0.117. The number of nitrogens with zero attached hydrogens (tertiary/aromatic N) is 5. The molecule has 1 aromatic carbocycles. The molecule has 0 amide bonds. The quantitative estimate of drug-likeness (QED) is 0.442. The third-order valence-electron chi connectivity index (χ3n) is 6.63. The number of anilines is 2. The Kier molecular flexibility index (Phi) is 6.90. The van der Waals surface area contributed by atoms with Crippen LogP contribution >= 0.6 is 0 Å². The van der Waals surface area contributed by atoms with Gasteiger partial charge in [0.05, 0.1) is 24.3 Å². The number of aryl methyl sites for hydroxylation is 1. The second kappa shape index (κ2) is 9.99. The van der Waals surface area contributed by atoms with Crippen LogP contribution < -0.4 is 5.32 Å². The number of piperidine rings is 1. The Labute approximate surface area is 215 Å². The van der Waals surface area contributed by atoms with Crippen molar-refractivity contribution < 1.29 is 22.3 Å². The van der Waals surface area contributed by atoms with Gasteiger partial charge in [-0.05, 0) is 76.5 Å². The number of carbonyl (C=O) groups excluding carboxylic acids is 1. The fraction of sp³-hybridized carbons (Fsp3) is 0.480. The number of hydrogen-bond acceptors (Lipinski definition) is 8. The van der Waals surface area contributed by atoms with Crippen molar-refractivity contribution in [1.29, 1.82) is 0 Å². The number of nitrogens with one attached hydrogen (secondary N) is 1. The number of benzene rings is 1. The van der Waals surface area contributed by atoms with Crippen molar-refractivity contribution in [2.24, 2.45) is 0 Å². The normalized spacial score (nSPS) is 17.4. The van der Waals surface area contributed by atoms with Gasteiger partial charge in [0.2, 0.25) is 0 Å². The smallest absolute Gasteiger partial charge is 0.320 e. The summed E-state index contributed by atoms with van der Waals surface area (Å²) in [7, 11) is -0.287. The van der Waals surface area contributed by atoms with Crippen LogP contribution in [0.1, 0.15) is 37.3 Å². The van der Waals surface area contributed by atoms with Gasteiger partial charge in [-0.15, -0.1) is 0 Å². The van der Waals surface area contributed by atoms with E-state index in [9.17, 15) is 17.6 Å². The number of pyridine rings is 1. The van der Waals surface area contributed by atoms with E-state index in [1.54, 1.807) is 50.3 Å². The maximum absolute atomic E-state index is 13.8. The molecule has 0 atom stereocenters. The van der Waals surface area contributed by atoms with Gasteiger partial charge in [0.1, 0.15) is 11.9 Å². The van der Waals surface area contributed by atoms with E-state index in [1.165, 1.54) is 10.4 Å². The number of aromatic nitrogens is 3. The van der Waals surface area contributed by atoms with E-state index in [1.807, 2.05) is 4.68 Å². The Morgan fingerprint density at radius 2 is 1.92 bits per heavy atom. The van der Waals surface area contributed by atoms with Gasteiger partial charge >= 0.3 is 5.97 Å². The Balaban J connectivity index is 1.38. The highest BCUT2D eigenvalue weighted by atomic mass is 32.2. The molecule has 1 saturated carbocycles. The molecule has 1 saturated heterocycles. The molecule has 0 unspecified atom stereocenters. The van der Waals surface area contributed by atoms with Gasteiger partial charge in [0.25, 0.3) is 10.0 Å². The third kappa shape index (κ3) is 5.46. The van der Waals surface area contributed by atoms with Gasteiger partial charge in [0, 0.05) is 24.2 Å². The number of rotatable bonds is 8. The average molecular weight is 531 g/mol. The van der Waals surface area contributed by atoms with Crippen LogP contribution in [0.3, 0.4) is 0 Å². The Morgan fingerprint density at radius 1 is 1.19 bits per heavy atom. The first-order valence-electron chi connectivity index (χ1n) is 12.4. The van der Waals surface area contributed by atoms with Crippen LogP contribution in [0.25, 0.3) is 10.9 Å². The Morgan fingerprint density at radius 3 is 2.57 bits per heavy atom. The molecule has 12 heteroatoms. The molecule has 37 heavy (non-hydrogen) atoms. The summed E-state index contributed by atoms with van der Waals surface area (Å²) in [5, 5.41) is 8.51. The minimum atomic E-state index is -3.86. The molecule has 3 aromatic rings. The zero-order valence-electron chi connectivity index (χ0n) is 21.1. The molecule has 0 radical (unpaired) electrons. The molecule has 1 N–H and O–H groups in total. The van der Waals surface area contributed by atoms with Crippen molar-refractivity contribution in [2.75, 3.05) is 39.0 Å². The van der Waals surface area contributed by atoms with E-state index in [0.29, 0.717) is 35.3 Å². The van der Waals surface area contributed by atoms with Crippen LogP contribution in [0.15, 0.2) is 35.5 Å². The van der Waals surface area contributed by atoms with Crippen LogP contribution in [0.4, 0.5) is 15.9 Å². The summed E-state index contributed by atoms with van der Waals surface area (Å²) in [6, 6.07) is 6.51. The average Bonchev–Trinajstić information content (AvgIpc) is 3.63. The standard InChI is InChI=1S/C25H31FN6O4S/c1-16-12-17(4-7-21(16)26)28-25-20-13-23(27-14-22(20)32(29-25)18-5-6-18)37(34,35)31-10-8-19(9-11-31)36-24(33)15-30(2)3/h4,7,12-14,18-19H,5-6,8-11,15H2,1-3H3,(H,28,29). The summed E-state index contributed by atoms with van der Waals surface area (Å²) in [6.07, 6.45) is 4.11. The molecule has 10 nitrogen and oxygen atoms in total. The van der Waals surface area contributed by atoms with Gasteiger partial charge < -0.3 is 10.1 Å². The fourth-order valence-corrected chi connectivity index (χ4v) is 5.92. The van der Waals surface area contributed by atoms with Crippen molar-refractivity contribution in [1.82, 2.24) is 24.0 Å². The lowest BCUT2D eigenvalue weighted by atomic mass is 10.1. The van der Waals surface area contributed by atoms with Crippen LogP contribution in [0.2, 0.25) is 0 Å². The topological polar surface area (TPSA) is 110 Å². The minimum Gasteiger partial charge on any atom is -0.461 e. The van der Waals surface area contributed by atoms with E-state index < -0.39 is 10.0 Å². The molecular formula is C25H31FN6O4S. The van der Waals surface area contributed by atoms with Crippen LogP contribution in [0.5, 0.6) is 0 Å². The zero-order valence-corrected chi connectivity index (χ0v) is 22.0. The molecule has 2 aliphatic rings. The summed E-state index contributed by atoms with van der Waals surface area (Å²) in [5.41, 5.74) is 1.90. The highest BCUT2D eigenvalue weighted by molar-refractivity contribution is 7.89. The predicted molar refractivity (Wildman–Crippen MR) is 137 cm³/mol. The molecule has 0 bridgehead atoms. The summed E-state index contributed by atoms with van der Waals surface area (Å²) >= 11 is 0. The number of esters is 1. The molecule has 1 aliphatic carbocycles. The predicted octanol–water partition coefficient (Wildman–Crippen LogP) is 3.22. The number of fused-ring (bicyclic) bond motifs is 1. The number of likely N-dealkylation sites (N-methyl/N-ethyl adjacent to an activating group) is 1. The number of ether oxygens (including phenoxy) is 1. The molecule has 0 spiro atoms. The van der Waals surface area contributed by atoms with Gasteiger partial charge in [0.15, 0.2) is 10.8 Å². The third-order valence-corrected chi connectivity index (χ3v) is 8.43. The number of halogens is 1. The van der Waals surface area contributed by atoms with Gasteiger partial charge in [-0.25, -0.2) is 17.8 Å². The van der Waals surface area contributed by atoms with E-state index in [4.69, 9.17) is 9.84 Å². The first-order valence-corrected chi connectivity index (χ1v) is 13.8. The molecular weight excluding hydrogens is 499 g/mol. The number of sulfonamides is 1. The molecule has 2 fully saturated rings. The monoisotopic (exact) mass is 530 g/mol. The van der Waals surface area contributed by atoms with Gasteiger partial charge in [-0.2, -0.15) is 9.40 Å². The van der Waals surface area contributed by atoms with E-state index >= 15 is 0 Å². The van der Waals surface area contributed by atoms with E-state index in [0.717, 1.165) is 18.4 Å². The largest absolute Gasteiger partial charge is 0.461 e. The maximum atomic E-state index is 13.8. The van der Waals surface area contributed by atoms with Crippen LogP contribution in [-0.4, -0.2) is 78.2 Å². The molecule has 2 aromatic heterocycles. The number of hydrogen-bond donors (Lipinski definition) is 1. The lowest BCUT2D eigenvalue weighted by Gasteiger charge is -2.30.